The number of amides is 1. The Hall–Kier alpha value is -1.92. The number of hydrogen-bond donors (Lipinski definition) is 1. The third-order valence-electron chi connectivity index (χ3n) is 2.53. The molecule has 7 heteroatoms. The quantitative estimate of drug-likeness (QED) is 0.660. The molecule has 2 aromatic carbocycles. The summed E-state index contributed by atoms with van der Waals surface area (Å²) in [5.74, 6) is -0.448. The van der Waals surface area contributed by atoms with Crippen LogP contribution in [0.15, 0.2) is 46.9 Å². The number of nitro groups is 1. The molecule has 20 heavy (non-hydrogen) atoms. The number of halogens is 2. The largest absolute Gasteiger partial charge is 0.321 e. The van der Waals surface area contributed by atoms with Crippen LogP contribution in [0.25, 0.3) is 0 Å². The summed E-state index contributed by atoms with van der Waals surface area (Å²) in [7, 11) is 0. The van der Waals surface area contributed by atoms with Crippen molar-refractivity contribution >= 4 is 44.8 Å². The first-order valence-electron chi connectivity index (χ1n) is 5.49. The van der Waals surface area contributed by atoms with E-state index in [2.05, 4.69) is 21.2 Å². The van der Waals surface area contributed by atoms with Gasteiger partial charge in [-0.25, -0.2) is 0 Å². The van der Waals surface area contributed by atoms with Gasteiger partial charge in [0.25, 0.3) is 11.6 Å². The summed E-state index contributed by atoms with van der Waals surface area (Å²) < 4.78 is 0.719. The molecule has 0 spiro atoms. The first kappa shape index (κ1) is 14.5. The zero-order chi connectivity index (χ0) is 14.7. The standard InChI is InChI=1S/C13H8BrClN2O3/c14-9-3-1-2-4-11(9)16-13(18)8-5-6-10(15)12(7-8)17(19)20/h1-7H,(H,16,18). The second-order valence-corrected chi connectivity index (χ2v) is 5.12. The van der Waals surface area contributed by atoms with Gasteiger partial charge in [-0.2, -0.15) is 0 Å². The van der Waals surface area contributed by atoms with Gasteiger partial charge in [-0.15, -0.1) is 0 Å². The second kappa shape index (κ2) is 6.02. The Morgan fingerprint density at radius 2 is 1.95 bits per heavy atom. The molecule has 0 aliphatic carbocycles. The smallest absolute Gasteiger partial charge is 0.288 e. The molecule has 2 aromatic rings. The maximum Gasteiger partial charge on any atom is 0.288 e. The Labute approximate surface area is 127 Å². The van der Waals surface area contributed by atoms with Crippen LogP contribution in [-0.4, -0.2) is 10.8 Å². The number of para-hydroxylation sites is 1. The van der Waals surface area contributed by atoms with E-state index in [-0.39, 0.29) is 16.3 Å². The average molecular weight is 356 g/mol. The lowest BCUT2D eigenvalue weighted by molar-refractivity contribution is -0.384. The van der Waals surface area contributed by atoms with Crippen LogP contribution in [0.1, 0.15) is 10.4 Å². The van der Waals surface area contributed by atoms with E-state index in [1.165, 1.54) is 12.1 Å². The highest BCUT2D eigenvalue weighted by Crippen LogP contribution is 2.26. The second-order valence-electron chi connectivity index (χ2n) is 3.86. The normalized spacial score (nSPS) is 10.1. The van der Waals surface area contributed by atoms with Crippen molar-refractivity contribution in [3.05, 3.63) is 67.6 Å². The molecule has 1 N–H and O–H groups in total. The van der Waals surface area contributed by atoms with Crippen molar-refractivity contribution in [3.63, 3.8) is 0 Å². The number of benzene rings is 2. The van der Waals surface area contributed by atoms with Crippen LogP contribution >= 0.6 is 27.5 Å². The lowest BCUT2D eigenvalue weighted by Crippen LogP contribution is -2.12. The Morgan fingerprint density at radius 1 is 1.25 bits per heavy atom. The summed E-state index contributed by atoms with van der Waals surface area (Å²) >= 11 is 9.00. The molecule has 0 fully saturated rings. The SMILES string of the molecule is O=C(Nc1ccccc1Br)c1ccc(Cl)c([N+](=O)[O-])c1. The molecule has 0 aliphatic heterocycles. The highest BCUT2D eigenvalue weighted by atomic mass is 79.9. The third kappa shape index (κ3) is 3.15. The molecule has 0 saturated carbocycles. The maximum absolute atomic E-state index is 12.1. The first-order chi connectivity index (χ1) is 9.49. The molecule has 2 rings (SSSR count). The van der Waals surface area contributed by atoms with E-state index in [9.17, 15) is 14.9 Å². The fraction of sp³-hybridized carbons (Fsp3) is 0. The molecular weight excluding hydrogens is 348 g/mol. The average Bonchev–Trinajstić information content (AvgIpc) is 2.41. The molecular formula is C13H8BrClN2O3. The van der Waals surface area contributed by atoms with Gasteiger partial charge < -0.3 is 5.32 Å². The predicted molar refractivity (Wildman–Crippen MR) is 80.2 cm³/mol. The zero-order valence-electron chi connectivity index (χ0n) is 9.97. The zero-order valence-corrected chi connectivity index (χ0v) is 12.3. The van der Waals surface area contributed by atoms with Gasteiger partial charge in [-0.05, 0) is 40.2 Å². The number of nitrogens with zero attached hydrogens (tertiary/aromatic N) is 1. The van der Waals surface area contributed by atoms with Gasteiger partial charge in [0, 0.05) is 16.1 Å². The van der Waals surface area contributed by atoms with E-state index in [1.54, 1.807) is 18.2 Å². The van der Waals surface area contributed by atoms with Gasteiger partial charge in [0.1, 0.15) is 5.02 Å². The van der Waals surface area contributed by atoms with Crippen LogP contribution in [0.4, 0.5) is 11.4 Å². The van der Waals surface area contributed by atoms with Crippen LogP contribution < -0.4 is 5.32 Å². The van der Waals surface area contributed by atoms with Gasteiger partial charge >= 0.3 is 0 Å². The Morgan fingerprint density at radius 3 is 2.60 bits per heavy atom. The topological polar surface area (TPSA) is 72.2 Å². The summed E-state index contributed by atoms with van der Waals surface area (Å²) in [5.41, 5.74) is 0.443. The number of rotatable bonds is 3. The van der Waals surface area contributed by atoms with Crippen molar-refractivity contribution < 1.29 is 9.72 Å². The molecule has 5 nitrogen and oxygen atoms in total. The Kier molecular flexibility index (Phi) is 4.36. The minimum atomic E-state index is -0.627. The van der Waals surface area contributed by atoms with Gasteiger partial charge in [0.05, 0.1) is 10.6 Å². The first-order valence-corrected chi connectivity index (χ1v) is 6.66. The molecule has 1 amide bonds. The van der Waals surface area contributed by atoms with Crippen molar-refractivity contribution in [1.29, 1.82) is 0 Å². The van der Waals surface area contributed by atoms with E-state index < -0.39 is 10.8 Å². The molecule has 0 atom stereocenters. The lowest BCUT2D eigenvalue weighted by Gasteiger charge is -2.07. The molecule has 0 bridgehead atoms. The van der Waals surface area contributed by atoms with Gasteiger partial charge in [0.15, 0.2) is 0 Å². The molecule has 102 valence electrons. The lowest BCUT2D eigenvalue weighted by atomic mass is 10.2. The Balaban J connectivity index is 2.28. The fourth-order valence-electron chi connectivity index (χ4n) is 1.55. The van der Waals surface area contributed by atoms with Crippen LogP contribution in [0.3, 0.4) is 0 Å². The van der Waals surface area contributed by atoms with Crippen molar-refractivity contribution in [1.82, 2.24) is 0 Å². The van der Waals surface area contributed by atoms with E-state index in [1.807, 2.05) is 6.07 Å². The molecule has 0 aromatic heterocycles. The molecule has 0 saturated heterocycles. The fourth-order valence-corrected chi connectivity index (χ4v) is 2.12. The summed E-state index contributed by atoms with van der Waals surface area (Å²) in [5, 5.41) is 13.4. The third-order valence-corrected chi connectivity index (χ3v) is 3.54. The van der Waals surface area contributed by atoms with Crippen LogP contribution in [0.2, 0.25) is 5.02 Å². The van der Waals surface area contributed by atoms with Crippen molar-refractivity contribution in [2.75, 3.05) is 5.32 Å². The number of nitrogens with one attached hydrogen (secondary N) is 1. The predicted octanol–water partition coefficient (Wildman–Crippen LogP) is 4.26. The summed E-state index contributed by atoms with van der Waals surface area (Å²) in [6.45, 7) is 0. The van der Waals surface area contributed by atoms with Crippen molar-refractivity contribution in [2.24, 2.45) is 0 Å². The number of carbonyl (C=O) groups is 1. The van der Waals surface area contributed by atoms with Crippen molar-refractivity contribution in [2.45, 2.75) is 0 Å². The van der Waals surface area contributed by atoms with Gasteiger partial charge in [-0.1, -0.05) is 23.7 Å². The molecule has 0 radical (unpaired) electrons. The highest BCUT2D eigenvalue weighted by molar-refractivity contribution is 9.10. The number of anilines is 1. The molecule has 0 heterocycles. The monoisotopic (exact) mass is 354 g/mol. The van der Waals surface area contributed by atoms with Crippen molar-refractivity contribution in [3.8, 4) is 0 Å². The van der Waals surface area contributed by atoms with Gasteiger partial charge in [0.2, 0.25) is 0 Å². The summed E-state index contributed by atoms with van der Waals surface area (Å²) in [6.07, 6.45) is 0. The van der Waals surface area contributed by atoms with Crippen LogP contribution in [0.5, 0.6) is 0 Å². The highest BCUT2D eigenvalue weighted by Gasteiger charge is 2.16. The van der Waals surface area contributed by atoms with E-state index >= 15 is 0 Å². The number of carbonyl (C=O) groups excluding carboxylic acids is 1. The minimum absolute atomic E-state index is 0.00700. The van der Waals surface area contributed by atoms with E-state index in [0.717, 1.165) is 10.5 Å². The summed E-state index contributed by atoms with van der Waals surface area (Å²) in [6, 6.07) is 11.0. The Bertz CT molecular complexity index is 691. The maximum atomic E-state index is 12.1. The summed E-state index contributed by atoms with van der Waals surface area (Å²) in [4.78, 5) is 22.2. The number of hydrogen-bond acceptors (Lipinski definition) is 3. The molecule has 0 unspecified atom stereocenters. The van der Waals surface area contributed by atoms with E-state index in [0.29, 0.717) is 5.69 Å². The van der Waals surface area contributed by atoms with E-state index in [4.69, 9.17) is 11.6 Å². The van der Waals surface area contributed by atoms with Crippen LogP contribution in [0, 0.1) is 10.1 Å². The van der Waals surface area contributed by atoms with Crippen LogP contribution in [-0.2, 0) is 0 Å². The number of nitro benzene ring substituents is 1. The molecule has 0 aliphatic rings. The minimum Gasteiger partial charge on any atom is -0.321 e. The van der Waals surface area contributed by atoms with Gasteiger partial charge in [-0.3, -0.25) is 14.9 Å².